The molecule has 1 heterocycles. The van der Waals surface area contributed by atoms with Gasteiger partial charge in [-0.05, 0) is 32.0 Å². The quantitative estimate of drug-likeness (QED) is 0.842. The third-order valence-electron chi connectivity index (χ3n) is 3.03. The van der Waals surface area contributed by atoms with Crippen LogP contribution in [-0.2, 0) is 9.84 Å². The lowest BCUT2D eigenvalue weighted by Gasteiger charge is -2.17. The smallest absolute Gasteiger partial charge is 0.149 e. The van der Waals surface area contributed by atoms with Crippen LogP contribution in [0.25, 0.3) is 10.8 Å². The lowest BCUT2D eigenvalue weighted by atomic mass is 10.1. The first-order chi connectivity index (χ1) is 9.26. The highest BCUT2D eigenvalue weighted by Gasteiger charge is 2.12. The van der Waals surface area contributed by atoms with Crippen LogP contribution < -0.4 is 11.1 Å². The minimum Gasteiger partial charge on any atom is -0.398 e. The molecule has 2 rings (SSSR count). The summed E-state index contributed by atoms with van der Waals surface area (Å²) in [5.41, 5.74) is 8.37. The monoisotopic (exact) mass is 293 g/mol. The van der Waals surface area contributed by atoms with Crippen molar-refractivity contribution in [2.75, 3.05) is 23.1 Å². The number of pyridine rings is 1. The number of aryl methyl sites for hydroxylation is 1. The number of nitrogens with one attached hydrogen (secondary N) is 1. The van der Waals surface area contributed by atoms with Crippen LogP contribution in [0.4, 0.5) is 11.4 Å². The summed E-state index contributed by atoms with van der Waals surface area (Å²) in [6, 6.07) is 5.44. The maximum absolute atomic E-state index is 11.3. The summed E-state index contributed by atoms with van der Waals surface area (Å²) in [5.74, 6) is 0.0862. The number of nitrogen functional groups attached to an aromatic ring is 1. The van der Waals surface area contributed by atoms with Gasteiger partial charge in [-0.3, -0.25) is 4.98 Å². The number of nitrogens with zero attached hydrogens (tertiary/aromatic N) is 1. The predicted molar refractivity (Wildman–Crippen MR) is 83.7 cm³/mol. The van der Waals surface area contributed by atoms with E-state index in [2.05, 4.69) is 10.3 Å². The van der Waals surface area contributed by atoms with Gasteiger partial charge in [0, 0.05) is 46.3 Å². The lowest BCUT2D eigenvalue weighted by molar-refractivity contribution is 0.598. The van der Waals surface area contributed by atoms with E-state index in [9.17, 15) is 8.42 Å². The van der Waals surface area contributed by atoms with Crippen molar-refractivity contribution in [3.63, 3.8) is 0 Å². The Bertz CT molecular complexity index is 741. The second-order valence-electron chi connectivity index (χ2n) is 5.21. The molecule has 0 aliphatic heterocycles. The molecular formula is C14H19N3O2S. The number of rotatable bonds is 4. The molecule has 0 aliphatic carbocycles. The average Bonchev–Trinajstić information content (AvgIpc) is 2.30. The summed E-state index contributed by atoms with van der Waals surface area (Å²) >= 11 is 0. The molecule has 0 amide bonds. The van der Waals surface area contributed by atoms with Crippen molar-refractivity contribution in [2.45, 2.75) is 19.9 Å². The number of hydrogen-bond donors (Lipinski definition) is 2. The normalized spacial score (nSPS) is 13.3. The van der Waals surface area contributed by atoms with Gasteiger partial charge in [-0.25, -0.2) is 8.42 Å². The Labute approximate surface area is 119 Å². The number of anilines is 2. The molecule has 0 saturated heterocycles. The summed E-state index contributed by atoms with van der Waals surface area (Å²) in [7, 11) is -3.01. The predicted octanol–water partition coefficient (Wildman–Crippen LogP) is 1.97. The van der Waals surface area contributed by atoms with Crippen LogP contribution in [0.5, 0.6) is 0 Å². The van der Waals surface area contributed by atoms with Gasteiger partial charge in [0.15, 0.2) is 0 Å². The fourth-order valence-corrected chi connectivity index (χ4v) is 3.24. The van der Waals surface area contributed by atoms with Crippen molar-refractivity contribution in [3.05, 3.63) is 30.1 Å². The van der Waals surface area contributed by atoms with E-state index >= 15 is 0 Å². The Hall–Kier alpha value is -1.82. The number of fused-ring (bicyclic) bond motifs is 1. The lowest BCUT2D eigenvalue weighted by Crippen LogP contribution is -2.25. The first-order valence-electron chi connectivity index (χ1n) is 6.35. The molecule has 1 unspecified atom stereocenters. The van der Waals surface area contributed by atoms with Crippen molar-refractivity contribution in [3.8, 4) is 0 Å². The van der Waals surface area contributed by atoms with Crippen LogP contribution in [0.1, 0.15) is 12.6 Å². The molecule has 1 atom stereocenters. The van der Waals surface area contributed by atoms with E-state index in [1.807, 2.05) is 26.0 Å². The largest absolute Gasteiger partial charge is 0.398 e. The van der Waals surface area contributed by atoms with E-state index in [1.54, 1.807) is 12.3 Å². The number of hydrogen-bond acceptors (Lipinski definition) is 5. The third kappa shape index (κ3) is 3.39. The average molecular weight is 293 g/mol. The standard InChI is InChI=1S/C14H19N3O2S/c1-9-6-11-12(7-16-9)13(15)4-5-14(11)17-10(2)8-20(3,18)19/h4-7,10,17H,8,15H2,1-3H3. The van der Waals surface area contributed by atoms with E-state index in [0.717, 1.165) is 22.2 Å². The van der Waals surface area contributed by atoms with Crippen LogP contribution in [0, 0.1) is 6.92 Å². The van der Waals surface area contributed by atoms with Gasteiger partial charge in [-0.2, -0.15) is 0 Å². The first kappa shape index (κ1) is 14.6. The zero-order chi connectivity index (χ0) is 14.9. The summed E-state index contributed by atoms with van der Waals surface area (Å²) in [6.07, 6.45) is 2.98. The van der Waals surface area contributed by atoms with Crippen molar-refractivity contribution in [1.82, 2.24) is 4.98 Å². The van der Waals surface area contributed by atoms with Crippen molar-refractivity contribution in [1.29, 1.82) is 0 Å². The molecule has 0 bridgehead atoms. The molecule has 108 valence electrons. The molecule has 0 spiro atoms. The molecule has 6 heteroatoms. The van der Waals surface area contributed by atoms with E-state index in [1.165, 1.54) is 6.26 Å². The number of aromatic nitrogens is 1. The van der Waals surface area contributed by atoms with Gasteiger partial charge >= 0.3 is 0 Å². The molecule has 1 aromatic heterocycles. The highest BCUT2D eigenvalue weighted by atomic mass is 32.2. The molecule has 0 saturated carbocycles. The SMILES string of the molecule is Cc1cc2c(NC(C)CS(C)(=O)=O)ccc(N)c2cn1. The topological polar surface area (TPSA) is 85.1 Å². The van der Waals surface area contributed by atoms with E-state index in [4.69, 9.17) is 5.73 Å². The van der Waals surface area contributed by atoms with Crippen LogP contribution in [0.2, 0.25) is 0 Å². The van der Waals surface area contributed by atoms with E-state index in [-0.39, 0.29) is 11.8 Å². The number of benzene rings is 1. The molecule has 2 aromatic rings. The first-order valence-corrected chi connectivity index (χ1v) is 8.41. The highest BCUT2D eigenvalue weighted by Crippen LogP contribution is 2.28. The van der Waals surface area contributed by atoms with Crippen LogP contribution in [0.3, 0.4) is 0 Å². The third-order valence-corrected chi connectivity index (χ3v) is 4.13. The molecule has 0 fully saturated rings. The Morgan fingerprint density at radius 1 is 1.35 bits per heavy atom. The molecule has 3 N–H and O–H groups in total. The fraction of sp³-hybridized carbons (Fsp3) is 0.357. The molecular weight excluding hydrogens is 274 g/mol. The highest BCUT2D eigenvalue weighted by molar-refractivity contribution is 7.90. The van der Waals surface area contributed by atoms with Crippen LogP contribution >= 0.6 is 0 Å². The Balaban J connectivity index is 2.40. The maximum atomic E-state index is 11.3. The molecule has 0 aliphatic rings. The van der Waals surface area contributed by atoms with Crippen molar-refractivity contribution < 1.29 is 8.42 Å². The minimum absolute atomic E-state index is 0.0862. The van der Waals surface area contributed by atoms with Crippen molar-refractivity contribution >= 4 is 32.0 Å². The maximum Gasteiger partial charge on any atom is 0.149 e. The van der Waals surface area contributed by atoms with Crippen LogP contribution in [0.15, 0.2) is 24.4 Å². The summed E-state index contributed by atoms with van der Waals surface area (Å²) in [5, 5.41) is 5.06. The van der Waals surface area contributed by atoms with E-state index in [0.29, 0.717) is 5.69 Å². The molecule has 1 aromatic carbocycles. The van der Waals surface area contributed by atoms with Gasteiger partial charge in [0.25, 0.3) is 0 Å². The minimum atomic E-state index is -3.01. The van der Waals surface area contributed by atoms with Gasteiger partial charge < -0.3 is 11.1 Å². The second-order valence-corrected chi connectivity index (χ2v) is 7.40. The van der Waals surface area contributed by atoms with Gasteiger partial charge in [0.05, 0.1) is 5.75 Å². The van der Waals surface area contributed by atoms with Gasteiger partial charge in [0.1, 0.15) is 9.84 Å². The van der Waals surface area contributed by atoms with Gasteiger partial charge in [-0.15, -0.1) is 0 Å². The van der Waals surface area contributed by atoms with Crippen LogP contribution in [-0.4, -0.2) is 31.5 Å². The second kappa shape index (κ2) is 5.28. The van der Waals surface area contributed by atoms with E-state index < -0.39 is 9.84 Å². The van der Waals surface area contributed by atoms with Crippen molar-refractivity contribution in [2.24, 2.45) is 0 Å². The Morgan fingerprint density at radius 2 is 2.05 bits per heavy atom. The Kier molecular flexibility index (Phi) is 3.85. The zero-order valence-electron chi connectivity index (χ0n) is 11.8. The number of nitrogens with two attached hydrogens (primary N) is 1. The summed E-state index contributed by atoms with van der Waals surface area (Å²) in [4.78, 5) is 4.24. The molecule has 0 radical (unpaired) electrons. The fourth-order valence-electron chi connectivity index (χ4n) is 2.25. The van der Waals surface area contributed by atoms with Gasteiger partial charge in [0.2, 0.25) is 0 Å². The molecule has 5 nitrogen and oxygen atoms in total. The number of sulfone groups is 1. The summed E-state index contributed by atoms with van der Waals surface area (Å²) < 4.78 is 22.7. The van der Waals surface area contributed by atoms with Gasteiger partial charge in [-0.1, -0.05) is 0 Å². The zero-order valence-corrected chi connectivity index (χ0v) is 12.7. The molecule has 20 heavy (non-hydrogen) atoms. The summed E-state index contributed by atoms with van der Waals surface area (Å²) in [6.45, 7) is 3.75. The Morgan fingerprint density at radius 3 is 2.70 bits per heavy atom.